The number of hydrogen-bond donors (Lipinski definition) is 1. The fraction of sp³-hybridized carbons (Fsp3) is 0.500. The topological polar surface area (TPSA) is 15.3 Å². The van der Waals surface area contributed by atoms with Crippen LogP contribution in [0, 0.1) is 0 Å². The van der Waals surface area contributed by atoms with E-state index in [-0.39, 0.29) is 0 Å². The molecule has 0 bridgehead atoms. The van der Waals surface area contributed by atoms with Gasteiger partial charge >= 0.3 is 0 Å². The van der Waals surface area contributed by atoms with E-state index in [1.807, 2.05) is 0 Å². The molecule has 1 N–H and O–H groups in total. The Morgan fingerprint density at radius 1 is 1.21 bits per heavy atom. The first-order valence-corrected chi connectivity index (χ1v) is 5.55. The molecule has 0 saturated carbocycles. The summed E-state index contributed by atoms with van der Waals surface area (Å²) in [7, 11) is 0. The highest BCUT2D eigenvalue weighted by atomic mass is 15.2. The molecule has 1 fully saturated rings. The lowest BCUT2D eigenvalue weighted by Crippen LogP contribution is -2.46. The third-order valence-electron chi connectivity index (χ3n) is 3.37. The summed E-state index contributed by atoms with van der Waals surface area (Å²) in [5.74, 6) is 0. The number of nitrogens with one attached hydrogen (secondary N) is 1. The van der Waals surface area contributed by atoms with Crippen molar-refractivity contribution in [1.29, 1.82) is 0 Å². The number of benzene rings is 1. The van der Waals surface area contributed by atoms with Gasteiger partial charge in [-0.05, 0) is 31.4 Å². The Labute approximate surface area is 84.9 Å². The van der Waals surface area contributed by atoms with Crippen molar-refractivity contribution in [3.8, 4) is 0 Å². The molecule has 2 heteroatoms. The summed E-state index contributed by atoms with van der Waals surface area (Å²) < 4.78 is 0. The van der Waals surface area contributed by atoms with Gasteiger partial charge in [0.2, 0.25) is 0 Å². The van der Waals surface area contributed by atoms with Crippen LogP contribution in [-0.2, 0) is 0 Å². The SMILES string of the molecule is c1ccc2c(c1)NCC1CCCCN21. The van der Waals surface area contributed by atoms with Gasteiger partial charge in [-0.2, -0.15) is 0 Å². The molecule has 2 aliphatic rings. The highest BCUT2D eigenvalue weighted by molar-refractivity contribution is 5.72. The molecule has 1 saturated heterocycles. The molecular weight excluding hydrogens is 172 g/mol. The average Bonchev–Trinajstić information content (AvgIpc) is 2.29. The lowest BCUT2D eigenvalue weighted by atomic mass is 9.98. The fourth-order valence-electron chi connectivity index (χ4n) is 2.63. The van der Waals surface area contributed by atoms with Crippen LogP contribution < -0.4 is 10.2 Å². The van der Waals surface area contributed by atoms with Crippen molar-refractivity contribution >= 4 is 11.4 Å². The molecule has 14 heavy (non-hydrogen) atoms. The highest BCUT2D eigenvalue weighted by Crippen LogP contribution is 2.34. The summed E-state index contributed by atoms with van der Waals surface area (Å²) in [6, 6.07) is 9.40. The maximum Gasteiger partial charge on any atom is 0.0605 e. The van der Waals surface area contributed by atoms with E-state index in [0.717, 1.165) is 12.6 Å². The predicted octanol–water partition coefficient (Wildman–Crippen LogP) is 2.47. The van der Waals surface area contributed by atoms with Crippen LogP contribution in [0.2, 0.25) is 0 Å². The fourth-order valence-corrected chi connectivity index (χ4v) is 2.63. The van der Waals surface area contributed by atoms with Crippen molar-refractivity contribution in [3.63, 3.8) is 0 Å². The molecule has 2 aliphatic heterocycles. The Hall–Kier alpha value is -1.18. The van der Waals surface area contributed by atoms with E-state index >= 15 is 0 Å². The Balaban J connectivity index is 1.99. The van der Waals surface area contributed by atoms with Gasteiger partial charge in [0.25, 0.3) is 0 Å². The van der Waals surface area contributed by atoms with Gasteiger partial charge in [-0.1, -0.05) is 12.1 Å². The van der Waals surface area contributed by atoms with E-state index in [4.69, 9.17) is 0 Å². The minimum absolute atomic E-state index is 0.735. The Morgan fingerprint density at radius 3 is 3.14 bits per heavy atom. The molecule has 0 spiro atoms. The summed E-state index contributed by atoms with van der Waals surface area (Å²) in [6.07, 6.45) is 4.09. The van der Waals surface area contributed by atoms with Gasteiger partial charge in [-0.15, -0.1) is 0 Å². The van der Waals surface area contributed by atoms with Crippen molar-refractivity contribution in [2.75, 3.05) is 23.3 Å². The summed E-state index contributed by atoms with van der Waals surface area (Å²) in [5.41, 5.74) is 2.72. The van der Waals surface area contributed by atoms with Crippen molar-refractivity contribution in [1.82, 2.24) is 0 Å². The third-order valence-corrected chi connectivity index (χ3v) is 3.37. The Bertz CT molecular complexity index is 335. The molecule has 0 radical (unpaired) electrons. The molecule has 0 amide bonds. The summed E-state index contributed by atoms with van der Waals surface area (Å²) >= 11 is 0. The van der Waals surface area contributed by atoms with Crippen LogP contribution in [0.25, 0.3) is 0 Å². The van der Waals surface area contributed by atoms with Gasteiger partial charge in [0, 0.05) is 19.1 Å². The minimum Gasteiger partial charge on any atom is -0.381 e. The van der Waals surface area contributed by atoms with E-state index < -0.39 is 0 Å². The van der Waals surface area contributed by atoms with Crippen molar-refractivity contribution in [2.45, 2.75) is 25.3 Å². The van der Waals surface area contributed by atoms with Crippen LogP contribution in [0.3, 0.4) is 0 Å². The normalized spacial score (nSPS) is 24.9. The molecule has 2 heterocycles. The number of anilines is 2. The zero-order valence-electron chi connectivity index (χ0n) is 8.37. The third kappa shape index (κ3) is 1.17. The maximum atomic E-state index is 3.52. The number of hydrogen-bond acceptors (Lipinski definition) is 2. The van der Waals surface area contributed by atoms with E-state index in [0.29, 0.717) is 0 Å². The standard InChI is InChI=1S/C12H16N2/c1-2-7-12-11(6-1)13-9-10-5-3-4-8-14(10)12/h1-2,6-7,10,13H,3-5,8-9H2. The molecule has 3 rings (SSSR count). The zero-order chi connectivity index (χ0) is 9.38. The second-order valence-corrected chi connectivity index (χ2v) is 4.24. The smallest absolute Gasteiger partial charge is 0.0605 e. The largest absolute Gasteiger partial charge is 0.381 e. The highest BCUT2D eigenvalue weighted by Gasteiger charge is 2.27. The molecule has 1 aromatic carbocycles. The predicted molar refractivity (Wildman–Crippen MR) is 59.9 cm³/mol. The van der Waals surface area contributed by atoms with Crippen molar-refractivity contribution in [3.05, 3.63) is 24.3 Å². The number of fused-ring (bicyclic) bond motifs is 3. The van der Waals surface area contributed by atoms with Crippen LogP contribution >= 0.6 is 0 Å². The van der Waals surface area contributed by atoms with Crippen molar-refractivity contribution < 1.29 is 0 Å². The van der Waals surface area contributed by atoms with Gasteiger partial charge in [0.15, 0.2) is 0 Å². The van der Waals surface area contributed by atoms with Crippen LogP contribution in [-0.4, -0.2) is 19.1 Å². The summed E-state index contributed by atoms with van der Waals surface area (Å²) in [5, 5.41) is 3.52. The van der Waals surface area contributed by atoms with Gasteiger partial charge < -0.3 is 10.2 Å². The molecule has 1 unspecified atom stereocenters. The van der Waals surface area contributed by atoms with Gasteiger partial charge in [-0.25, -0.2) is 0 Å². The number of para-hydroxylation sites is 2. The minimum atomic E-state index is 0.735. The van der Waals surface area contributed by atoms with E-state index in [1.54, 1.807) is 0 Å². The molecular formula is C12H16N2. The van der Waals surface area contributed by atoms with Crippen LogP contribution in [0.4, 0.5) is 11.4 Å². The summed E-state index contributed by atoms with van der Waals surface area (Å²) in [6.45, 7) is 2.36. The second-order valence-electron chi connectivity index (χ2n) is 4.24. The molecule has 74 valence electrons. The molecule has 0 aromatic heterocycles. The van der Waals surface area contributed by atoms with Crippen LogP contribution in [0.15, 0.2) is 24.3 Å². The Morgan fingerprint density at radius 2 is 2.14 bits per heavy atom. The first-order valence-electron chi connectivity index (χ1n) is 5.55. The van der Waals surface area contributed by atoms with Crippen molar-refractivity contribution in [2.24, 2.45) is 0 Å². The lowest BCUT2D eigenvalue weighted by Gasteiger charge is -2.42. The number of rotatable bonds is 0. The molecule has 2 nitrogen and oxygen atoms in total. The number of piperidine rings is 1. The zero-order valence-corrected chi connectivity index (χ0v) is 8.37. The van der Waals surface area contributed by atoms with Crippen LogP contribution in [0.5, 0.6) is 0 Å². The van der Waals surface area contributed by atoms with Crippen LogP contribution in [0.1, 0.15) is 19.3 Å². The molecule has 1 atom stereocenters. The quantitative estimate of drug-likeness (QED) is 0.673. The maximum absolute atomic E-state index is 3.52. The average molecular weight is 188 g/mol. The van der Waals surface area contributed by atoms with E-state index in [9.17, 15) is 0 Å². The van der Waals surface area contributed by atoms with E-state index in [2.05, 4.69) is 34.5 Å². The van der Waals surface area contributed by atoms with Gasteiger partial charge in [-0.3, -0.25) is 0 Å². The number of nitrogens with zero attached hydrogens (tertiary/aromatic N) is 1. The summed E-state index contributed by atoms with van der Waals surface area (Å²) in [4.78, 5) is 2.58. The van der Waals surface area contributed by atoms with E-state index in [1.165, 1.54) is 37.2 Å². The van der Waals surface area contributed by atoms with Gasteiger partial charge in [0.05, 0.1) is 11.4 Å². The molecule has 0 aliphatic carbocycles. The lowest BCUT2D eigenvalue weighted by molar-refractivity contribution is 0.466. The monoisotopic (exact) mass is 188 g/mol. The molecule has 1 aromatic rings. The first kappa shape index (κ1) is 8.16. The first-order chi connectivity index (χ1) is 6.95. The Kier molecular flexibility index (Phi) is 1.86. The van der Waals surface area contributed by atoms with Gasteiger partial charge in [0.1, 0.15) is 0 Å². The second kappa shape index (κ2) is 3.19.